The van der Waals surface area contributed by atoms with E-state index in [9.17, 15) is 9.59 Å². The van der Waals surface area contributed by atoms with Crippen LogP contribution < -0.4 is 4.74 Å². The fourth-order valence-corrected chi connectivity index (χ4v) is 3.53. The van der Waals surface area contributed by atoms with Crippen LogP contribution in [0.25, 0.3) is 6.08 Å². The van der Waals surface area contributed by atoms with Crippen LogP contribution in [0.15, 0.2) is 58.4 Å². The number of hydrogen-bond donors (Lipinski definition) is 1. The van der Waals surface area contributed by atoms with Gasteiger partial charge >= 0.3 is 5.97 Å². The Labute approximate surface area is 167 Å². The number of nitrogens with zero attached hydrogens (tertiary/aromatic N) is 2. The first kappa shape index (κ1) is 19.7. The second kappa shape index (κ2) is 8.75. The number of hydrogen-bond acceptors (Lipinski definition) is 5. The normalized spacial score (nSPS) is 16.8. The van der Waals surface area contributed by atoms with Gasteiger partial charge in [-0.1, -0.05) is 31.2 Å². The van der Waals surface area contributed by atoms with Crippen LogP contribution in [0.5, 0.6) is 5.75 Å². The highest BCUT2D eigenvalue weighted by atomic mass is 32.2. The van der Waals surface area contributed by atoms with Gasteiger partial charge in [0, 0.05) is 12.6 Å². The summed E-state index contributed by atoms with van der Waals surface area (Å²) in [6.45, 7) is 2.64. The van der Waals surface area contributed by atoms with Crippen molar-refractivity contribution in [1.82, 2.24) is 4.90 Å². The van der Waals surface area contributed by atoms with Crippen LogP contribution in [0, 0.1) is 0 Å². The SMILES string of the molecule is CCCOc1ccccc1/C=C1\SC(=Nc2cccc(C(=O)O)c2)N(C)C1=O. The lowest BCUT2D eigenvalue weighted by Gasteiger charge is -2.08. The zero-order chi connectivity index (χ0) is 20.1. The predicted molar refractivity (Wildman–Crippen MR) is 111 cm³/mol. The summed E-state index contributed by atoms with van der Waals surface area (Å²) in [5.74, 6) is -0.453. The molecule has 1 saturated heterocycles. The second-order valence-electron chi connectivity index (χ2n) is 6.11. The maximum absolute atomic E-state index is 12.6. The number of thioether (sulfide) groups is 1. The maximum atomic E-state index is 12.6. The van der Waals surface area contributed by atoms with Gasteiger partial charge in [0.05, 0.1) is 22.8 Å². The fraction of sp³-hybridized carbons (Fsp3) is 0.190. The van der Waals surface area contributed by atoms with Crippen LogP contribution >= 0.6 is 11.8 Å². The average Bonchev–Trinajstić information content (AvgIpc) is 2.95. The summed E-state index contributed by atoms with van der Waals surface area (Å²) in [6, 6.07) is 13.9. The van der Waals surface area contributed by atoms with Crippen molar-refractivity contribution >= 4 is 40.6 Å². The summed E-state index contributed by atoms with van der Waals surface area (Å²) >= 11 is 1.25. The largest absolute Gasteiger partial charge is 0.493 e. The molecule has 0 spiro atoms. The predicted octanol–water partition coefficient (Wildman–Crippen LogP) is 4.41. The zero-order valence-corrected chi connectivity index (χ0v) is 16.4. The minimum absolute atomic E-state index is 0.150. The number of carboxylic acids is 1. The summed E-state index contributed by atoms with van der Waals surface area (Å²) in [7, 11) is 1.65. The van der Waals surface area contributed by atoms with Crippen LogP contribution in [0.2, 0.25) is 0 Å². The molecule has 3 rings (SSSR count). The molecule has 1 heterocycles. The average molecular weight is 396 g/mol. The highest BCUT2D eigenvalue weighted by Crippen LogP contribution is 2.34. The van der Waals surface area contributed by atoms with E-state index in [0.29, 0.717) is 22.4 Å². The number of para-hydroxylation sites is 1. The van der Waals surface area contributed by atoms with E-state index >= 15 is 0 Å². The number of benzene rings is 2. The van der Waals surface area contributed by atoms with Gasteiger partial charge in [-0.2, -0.15) is 0 Å². The van der Waals surface area contributed by atoms with Gasteiger partial charge in [-0.05, 0) is 48.5 Å². The molecule has 1 N–H and O–H groups in total. The highest BCUT2D eigenvalue weighted by Gasteiger charge is 2.30. The van der Waals surface area contributed by atoms with Gasteiger partial charge in [-0.3, -0.25) is 9.69 Å². The zero-order valence-electron chi connectivity index (χ0n) is 15.6. The first-order valence-corrected chi connectivity index (χ1v) is 9.62. The Morgan fingerprint density at radius 2 is 2.04 bits per heavy atom. The molecule has 2 aromatic rings. The van der Waals surface area contributed by atoms with Crippen molar-refractivity contribution in [2.75, 3.05) is 13.7 Å². The van der Waals surface area contributed by atoms with E-state index < -0.39 is 5.97 Å². The Kier molecular flexibility index (Phi) is 6.16. The van der Waals surface area contributed by atoms with Crippen molar-refractivity contribution in [2.45, 2.75) is 13.3 Å². The van der Waals surface area contributed by atoms with E-state index in [1.807, 2.05) is 31.2 Å². The number of carboxylic acid groups (broad SMARTS) is 1. The van der Waals surface area contributed by atoms with Crippen molar-refractivity contribution in [2.24, 2.45) is 4.99 Å². The number of carbonyl (C=O) groups is 2. The molecule has 6 nitrogen and oxygen atoms in total. The van der Waals surface area contributed by atoms with E-state index in [0.717, 1.165) is 17.7 Å². The Bertz CT molecular complexity index is 968. The number of aliphatic imine (C=N–C) groups is 1. The molecule has 0 unspecified atom stereocenters. The molecule has 1 amide bonds. The molecule has 0 atom stereocenters. The van der Waals surface area contributed by atoms with E-state index in [2.05, 4.69) is 4.99 Å². The van der Waals surface area contributed by atoms with Gasteiger partial charge in [-0.15, -0.1) is 0 Å². The summed E-state index contributed by atoms with van der Waals surface area (Å²) in [5.41, 5.74) is 1.46. The van der Waals surface area contributed by atoms with Crippen LogP contribution in [0.3, 0.4) is 0 Å². The summed E-state index contributed by atoms with van der Waals surface area (Å²) in [6.07, 6.45) is 2.69. The quantitative estimate of drug-likeness (QED) is 0.732. The smallest absolute Gasteiger partial charge is 0.335 e. The van der Waals surface area contributed by atoms with Crippen LogP contribution in [0.4, 0.5) is 5.69 Å². The van der Waals surface area contributed by atoms with Gasteiger partial charge in [0.15, 0.2) is 5.17 Å². The Hall–Kier alpha value is -3.06. The summed E-state index contributed by atoms with van der Waals surface area (Å²) in [5, 5.41) is 9.61. The van der Waals surface area contributed by atoms with Crippen LogP contribution in [-0.4, -0.2) is 40.7 Å². The van der Waals surface area contributed by atoms with Crippen molar-refractivity contribution in [1.29, 1.82) is 0 Å². The first-order valence-electron chi connectivity index (χ1n) is 8.81. The number of ether oxygens (including phenoxy) is 1. The van der Waals surface area contributed by atoms with Crippen LogP contribution in [0.1, 0.15) is 29.3 Å². The minimum Gasteiger partial charge on any atom is -0.493 e. The minimum atomic E-state index is -1.02. The van der Waals surface area contributed by atoms with Crippen molar-refractivity contribution in [3.63, 3.8) is 0 Å². The Morgan fingerprint density at radius 1 is 1.25 bits per heavy atom. The van der Waals surface area contributed by atoms with Crippen molar-refractivity contribution < 1.29 is 19.4 Å². The van der Waals surface area contributed by atoms with Crippen LogP contribution in [-0.2, 0) is 4.79 Å². The van der Waals surface area contributed by atoms with Gasteiger partial charge in [-0.25, -0.2) is 9.79 Å². The number of likely N-dealkylation sites (N-methyl/N-ethyl adjacent to an activating group) is 1. The fourth-order valence-electron chi connectivity index (χ4n) is 2.56. The Morgan fingerprint density at radius 3 is 2.79 bits per heavy atom. The monoisotopic (exact) mass is 396 g/mol. The van der Waals surface area contributed by atoms with Gasteiger partial charge < -0.3 is 9.84 Å². The van der Waals surface area contributed by atoms with Gasteiger partial charge in [0.2, 0.25) is 0 Å². The first-order chi connectivity index (χ1) is 13.5. The maximum Gasteiger partial charge on any atom is 0.335 e. The lowest BCUT2D eigenvalue weighted by Crippen LogP contribution is -2.23. The van der Waals surface area contributed by atoms with E-state index in [-0.39, 0.29) is 11.5 Å². The van der Waals surface area contributed by atoms with E-state index in [1.54, 1.807) is 25.3 Å². The standard InChI is InChI=1S/C21H20N2O4S/c1-3-11-27-17-10-5-4-7-14(17)13-18-19(24)23(2)21(28-18)22-16-9-6-8-15(12-16)20(25)26/h4-10,12-13H,3,11H2,1-2H3,(H,25,26)/b18-13-,22-21?. The summed E-state index contributed by atoms with van der Waals surface area (Å²) < 4.78 is 5.75. The molecule has 0 aromatic heterocycles. The molecular formula is C21H20N2O4S. The molecule has 0 bridgehead atoms. The van der Waals surface area contributed by atoms with Crippen molar-refractivity contribution in [3.8, 4) is 5.75 Å². The molecule has 144 valence electrons. The molecule has 0 aliphatic carbocycles. The number of amides is 1. The number of carbonyl (C=O) groups excluding carboxylic acids is 1. The molecular weight excluding hydrogens is 376 g/mol. The van der Waals surface area contributed by atoms with Crippen molar-refractivity contribution in [3.05, 3.63) is 64.6 Å². The molecule has 28 heavy (non-hydrogen) atoms. The number of rotatable bonds is 6. The molecule has 7 heteroatoms. The lowest BCUT2D eigenvalue weighted by molar-refractivity contribution is -0.121. The molecule has 0 radical (unpaired) electrons. The molecule has 1 aliphatic heterocycles. The van der Waals surface area contributed by atoms with Gasteiger partial charge in [0.1, 0.15) is 5.75 Å². The molecule has 1 aliphatic rings. The molecule has 2 aromatic carbocycles. The topological polar surface area (TPSA) is 79.2 Å². The molecule has 0 saturated carbocycles. The Balaban J connectivity index is 1.89. The lowest BCUT2D eigenvalue weighted by atomic mass is 10.2. The van der Waals surface area contributed by atoms with Gasteiger partial charge in [0.25, 0.3) is 5.91 Å². The molecule has 1 fully saturated rings. The third-order valence-corrected chi connectivity index (χ3v) is 5.05. The highest BCUT2D eigenvalue weighted by molar-refractivity contribution is 8.18. The van der Waals surface area contributed by atoms with E-state index in [1.165, 1.54) is 28.8 Å². The number of aromatic carboxylic acids is 1. The van der Waals surface area contributed by atoms with E-state index in [4.69, 9.17) is 9.84 Å². The number of amidine groups is 1. The third kappa shape index (κ3) is 4.43. The second-order valence-corrected chi connectivity index (χ2v) is 7.12. The summed E-state index contributed by atoms with van der Waals surface area (Å²) in [4.78, 5) is 30.2. The third-order valence-electron chi connectivity index (χ3n) is 3.99.